The van der Waals surface area contributed by atoms with Crippen LogP contribution in [0.25, 0.3) is 0 Å². The molecule has 0 bridgehead atoms. The maximum Gasteiger partial charge on any atom is 0.272 e. The SMILES string of the molecule is CN1C(=O)COC[C@@H]2CCN(C(=O)c3cncn3C)C[C@@H]21. The molecule has 0 aromatic carbocycles. The second-order valence-corrected chi connectivity index (χ2v) is 5.78. The molecule has 2 atom stereocenters. The van der Waals surface area contributed by atoms with Gasteiger partial charge in [-0.1, -0.05) is 0 Å². The van der Waals surface area contributed by atoms with Gasteiger partial charge < -0.3 is 19.1 Å². The lowest BCUT2D eigenvalue weighted by molar-refractivity contribution is -0.134. The summed E-state index contributed by atoms with van der Waals surface area (Å²) in [7, 11) is 3.61. The van der Waals surface area contributed by atoms with Crippen molar-refractivity contribution >= 4 is 11.8 Å². The second-order valence-electron chi connectivity index (χ2n) is 5.78. The van der Waals surface area contributed by atoms with Crippen molar-refractivity contribution in [2.24, 2.45) is 13.0 Å². The number of likely N-dealkylation sites (tertiary alicyclic amines) is 1. The summed E-state index contributed by atoms with van der Waals surface area (Å²) in [6, 6.07) is 0.0333. The fourth-order valence-corrected chi connectivity index (χ4v) is 3.11. The van der Waals surface area contributed by atoms with Crippen LogP contribution in [0.5, 0.6) is 0 Å². The molecule has 0 radical (unpaired) electrons. The van der Waals surface area contributed by atoms with Crippen molar-refractivity contribution in [1.29, 1.82) is 0 Å². The van der Waals surface area contributed by atoms with Crippen molar-refractivity contribution in [1.82, 2.24) is 19.4 Å². The number of piperidine rings is 1. The van der Waals surface area contributed by atoms with Gasteiger partial charge in [0, 0.05) is 33.1 Å². The predicted molar refractivity (Wildman–Crippen MR) is 74.6 cm³/mol. The third-order valence-corrected chi connectivity index (χ3v) is 4.49. The molecule has 2 fully saturated rings. The molecule has 0 N–H and O–H groups in total. The van der Waals surface area contributed by atoms with Crippen LogP contribution >= 0.6 is 0 Å². The van der Waals surface area contributed by atoms with E-state index in [9.17, 15) is 9.59 Å². The number of aromatic nitrogens is 2. The molecule has 3 heterocycles. The second kappa shape index (κ2) is 5.48. The Morgan fingerprint density at radius 2 is 2.24 bits per heavy atom. The smallest absolute Gasteiger partial charge is 0.272 e. The number of hydrogen-bond acceptors (Lipinski definition) is 4. The van der Waals surface area contributed by atoms with Crippen LogP contribution in [0.2, 0.25) is 0 Å². The highest BCUT2D eigenvalue weighted by Gasteiger charge is 2.38. The van der Waals surface area contributed by atoms with Crippen molar-refractivity contribution in [2.75, 3.05) is 33.4 Å². The number of imidazole rings is 1. The minimum absolute atomic E-state index is 0.0164. The van der Waals surface area contributed by atoms with Crippen LogP contribution in [0, 0.1) is 5.92 Å². The molecule has 2 amide bonds. The van der Waals surface area contributed by atoms with Gasteiger partial charge in [-0.05, 0) is 6.42 Å². The van der Waals surface area contributed by atoms with Crippen LogP contribution in [0.3, 0.4) is 0 Å². The molecule has 114 valence electrons. The number of carbonyl (C=O) groups excluding carboxylic acids is 2. The molecular formula is C14H20N4O3. The first-order valence-electron chi connectivity index (χ1n) is 7.17. The molecule has 1 aromatic heterocycles. The number of likely N-dealkylation sites (N-methyl/N-ethyl adjacent to an activating group) is 1. The Kier molecular flexibility index (Phi) is 3.67. The molecule has 2 aliphatic rings. The van der Waals surface area contributed by atoms with E-state index in [4.69, 9.17) is 4.74 Å². The van der Waals surface area contributed by atoms with Gasteiger partial charge in [-0.25, -0.2) is 4.98 Å². The van der Waals surface area contributed by atoms with E-state index in [1.807, 2.05) is 11.9 Å². The van der Waals surface area contributed by atoms with E-state index in [1.165, 1.54) is 0 Å². The van der Waals surface area contributed by atoms with E-state index >= 15 is 0 Å². The van der Waals surface area contributed by atoms with Gasteiger partial charge >= 0.3 is 0 Å². The molecule has 0 unspecified atom stereocenters. The normalized spacial score (nSPS) is 26.5. The van der Waals surface area contributed by atoms with Crippen molar-refractivity contribution in [3.05, 3.63) is 18.2 Å². The van der Waals surface area contributed by atoms with Gasteiger partial charge in [0.15, 0.2) is 0 Å². The molecule has 21 heavy (non-hydrogen) atoms. The Labute approximate surface area is 123 Å². The van der Waals surface area contributed by atoms with Gasteiger partial charge in [0.1, 0.15) is 12.3 Å². The van der Waals surface area contributed by atoms with Crippen molar-refractivity contribution in [3.8, 4) is 0 Å². The first-order valence-corrected chi connectivity index (χ1v) is 7.17. The first-order chi connectivity index (χ1) is 10.1. The molecule has 0 aliphatic carbocycles. The maximum absolute atomic E-state index is 12.6. The van der Waals surface area contributed by atoms with Crippen LogP contribution in [0.4, 0.5) is 0 Å². The Morgan fingerprint density at radius 1 is 1.43 bits per heavy atom. The number of fused-ring (bicyclic) bond motifs is 1. The fraction of sp³-hybridized carbons (Fsp3) is 0.643. The van der Waals surface area contributed by atoms with E-state index in [0.717, 1.165) is 6.42 Å². The highest BCUT2D eigenvalue weighted by molar-refractivity contribution is 5.92. The highest BCUT2D eigenvalue weighted by Crippen LogP contribution is 2.25. The molecule has 0 spiro atoms. The summed E-state index contributed by atoms with van der Waals surface area (Å²) in [4.78, 5) is 32.0. The minimum atomic E-state index is -0.0283. The highest BCUT2D eigenvalue weighted by atomic mass is 16.5. The zero-order valence-corrected chi connectivity index (χ0v) is 12.4. The summed E-state index contributed by atoms with van der Waals surface area (Å²) in [5, 5.41) is 0. The first kappa shape index (κ1) is 14.1. The lowest BCUT2D eigenvalue weighted by Gasteiger charge is -2.41. The van der Waals surface area contributed by atoms with E-state index in [-0.39, 0.29) is 24.5 Å². The number of amides is 2. The van der Waals surface area contributed by atoms with Crippen LogP contribution in [-0.2, 0) is 16.6 Å². The summed E-state index contributed by atoms with van der Waals surface area (Å²) in [5.74, 6) is 0.258. The number of carbonyl (C=O) groups is 2. The third kappa shape index (κ3) is 2.53. The van der Waals surface area contributed by atoms with Crippen LogP contribution < -0.4 is 0 Å². The van der Waals surface area contributed by atoms with Crippen molar-refractivity contribution in [2.45, 2.75) is 12.5 Å². The van der Waals surface area contributed by atoms with Gasteiger partial charge in [0.2, 0.25) is 5.91 Å². The van der Waals surface area contributed by atoms with E-state index < -0.39 is 0 Å². The Hall–Kier alpha value is -1.89. The van der Waals surface area contributed by atoms with Gasteiger partial charge in [0.05, 0.1) is 25.2 Å². The van der Waals surface area contributed by atoms with Crippen molar-refractivity contribution in [3.63, 3.8) is 0 Å². The predicted octanol–water partition coefficient (Wildman–Crippen LogP) is -0.261. The lowest BCUT2D eigenvalue weighted by atomic mass is 9.91. The fourth-order valence-electron chi connectivity index (χ4n) is 3.11. The molecule has 7 heteroatoms. The van der Waals surface area contributed by atoms with Gasteiger partial charge in [-0.15, -0.1) is 0 Å². The summed E-state index contributed by atoms with van der Waals surface area (Å²) >= 11 is 0. The number of ether oxygens (including phenoxy) is 1. The van der Waals surface area contributed by atoms with Gasteiger partial charge in [0.25, 0.3) is 5.91 Å². The molecule has 2 saturated heterocycles. The minimum Gasteiger partial charge on any atom is -0.371 e. The molecule has 0 saturated carbocycles. The number of nitrogens with zero attached hydrogens (tertiary/aromatic N) is 4. The van der Waals surface area contributed by atoms with Gasteiger partial charge in [-0.2, -0.15) is 0 Å². The Balaban J connectivity index is 1.77. The van der Waals surface area contributed by atoms with Crippen LogP contribution in [0.15, 0.2) is 12.5 Å². The number of rotatable bonds is 1. The molecule has 1 aromatic rings. The molecular weight excluding hydrogens is 272 g/mol. The zero-order chi connectivity index (χ0) is 15.0. The summed E-state index contributed by atoms with van der Waals surface area (Å²) < 4.78 is 7.15. The Bertz CT molecular complexity index is 556. The van der Waals surface area contributed by atoms with Crippen molar-refractivity contribution < 1.29 is 14.3 Å². The average molecular weight is 292 g/mol. The molecule has 2 aliphatic heterocycles. The largest absolute Gasteiger partial charge is 0.371 e. The lowest BCUT2D eigenvalue weighted by Crippen LogP contribution is -2.54. The van der Waals surface area contributed by atoms with E-state index in [1.54, 1.807) is 29.0 Å². The zero-order valence-electron chi connectivity index (χ0n) is 12.4. The maximum atomic E-state index is 12.6. The Morgan fingerprint density at radius 3 is 2.95 bits per heavy atom. The monoisotopic (exact) mass is 292 g/mol. The molecule has 3 rings (SSSR count). The standard InChI is InChI=1S/C14H20N4O3/c1-16-9-15-5-11(16)14(20)18-4-3-10-7-21-8-13(19)17(2)12(10)6-18/h5,9-10,12H,3-4,6-8H2,1-2H3/t10-,12-/m0/s1. The van der Waals surface area contributed by atoms with Gasteiger partial charge in [-0.3, -0.25) is 9.59 Å². The topological polar surface area (TPSA) is 67.7 Å². The summed E-state index contributed by atoms with van der Waals surface area (Å²) in [6.07, 6.45) is 4.06. The average Bonchev–Trinajstić information content (AvgIpc) is 2.86. The molecule has 7 nitrogen and oxygen atoms in total. The summed E-state index contributed by atoms with van der Waals surface area (Å²) in [6.45, 7) is 1.98. The summed E-state index contributed by atoms with van der Waals surface area (Å²) in [5.41, 5.74) is 0.576. The third-order valence-electron chi connectivity index (χ3n) is 4.49. The number of aryl methyl sites for hydroxylation is 1. The van der Waals surface area contributed by atoms with E-state index in [0.29, 0.717) is 31.3 Å². The van der Waals surface area contributed by atoms with E-state index in [2.05, 4.69) is 4.98 Å². The van der Waals surface area contributed by atoms with Crippen LogP contribution in [-0.4, -0.2) is 70.6 Å². The van der Waals surface area contributed by atoms with Crippen LogP contribution in [0.1, 0.15) is 16.9 Å². The number of hydrogen-bond donors (Lipinski definition) is 0. The quantitative estimate of drug-likeness (QED) is 0.715.